The van der Waals surface area contributed by atoms with Gasteiger partial charge >= 0.3 is 6.03 Å². The number of morpholine rings is 1. The van der Waals surface area contributed by atoms with Crippen LogP contribution < -0.4 is 5.32 Å². The van der Waals surface area contributed by atoms with Gasteiger partial charge < -0.3 is 9.64 Å². The van der Waals surface area contributed by atoms with Gasteiger partial charge in [-0.1, -0.05) is 6.42 Å². The Kier molecular flexibility index (Phi) is 4.35. The van der Waals surface area contributed by atoms with E-state index in [4.69, 9.17) is 4.74 Å². The highest BCUT2D eigenvalue weighted by atomic mass is 16.5. The van der Waals surface area contributed by atoms with Crippen LogP contribution in [0.1, 0.15) is 19.3 Å². The van der Waals surface area contributed by atoms with Gasteiger partial charge in [0.2, 0.25) is 0 Å². The van der Waals surface area contributed by atoms with Crippen molar-refractivity contribution in [2.24, 2.45) is 13.0 Å². The van der Waals surface area contributed by atoms with Crippen molar-refractivity contribution in [2.75, 3.05) is 25.0 Å². The van der Waals surface area contributed by atoms with Gasteiger partial charge in [-0.2, -0.15) is 5.10 Å². The molecule has 2 aliphatic rings. The predicted octanol–water partition coefficient (Wildman–Crippen LogP) is 1.91. The summed E-state index contributed by atoms with van der Waals surface area (Å²) in [5, 5.41) is 15.2. The molecule has 0 radical (unpaired) electrons. The molecule has 1 N–H and O–H groups in total. The number of aryl methyl sites for hydroxylation is 1. The highest BCUT2D eigenvalue weighted by molar-refractivity contribution is 5.88. The summed E-state index contributed by atoms with van der Waals surface area (Å²) in [5.41, 5.74) is 1.62. The third kappa shape index (κ3) is 3.48. The molecule has 2 amide bonds. The molecule has 1 aliphatic carbocycles. The fraction of sp³-hybridized carbons (Fsp3) is 0.529. The summed E-state index contributed by atoms with van der Waals surface area (Å²) in [6.07, 6.45) is 7.47. The van der Waals surface area contributed by atoms with Crippen molar-refractivity contribution in [3.63, 3.8) is 0 Å². The molecule has 1 saturated heterocycles. The average Bonchev–Trinajstić information content (AvgIpc) is 3.01. The molecule has 2 fully saturated rings. The van der Waals surface area contributed by atoms with Crippen LogP contribution in [0.5, 0.6) is 0 Å². The SMILES string of the molecule is Cn1cc(-c2ccc(NC(=O)N3CCOC(C4CCC4)C3)nn2)cn1. The van der Waals surface area contributed by atoms with Crippen LogP contribution in [0.2, 0.25) is 0 Å². The number of ether oxygens (including phenoxy) is 1. The molecule has 8 heteroatoms. The van der Waals surface area contributed by atoms with E-state index >= 15 is 0 Å². The maximum Gasteiger partial charge on any atom is 0.323 e. The molecule has 0 bridgehead atoms. The Morgan fingerprint density at radius 2 is 2.20 bits per heavy atom. The normalized spacial score (nSPS) is 21.0. The number of anilines is 1. The molecule has 1 unspecified atom stereocenters. The summed E-state index contributed by atoms with van der Waals surface area (Å²) in [7, 11) is 1.85. The van der Waals surface area contributed by atoms with Gasteiger partial charge in [-0.05, 0) is 30.9 Å². The number of aromatic nitrogens is 4. The Hall–Kier alpha value is -2.48. The summed E-state index contributed by atoms with van der Waals surface area (Å²) < 4.78 is 7.53. The first-order chi connectivity index (χ1) is 12.2. The van der Waals surface area contributed by atoms with Crippen LogP contribution in [0.15, 0.2) is 24.5 Å². The van der Waals surface area contributed by atoms with E-state index in [0.29, 0.717) is 31.4 Å². The summed E-state index contributed by atoms with van der Waals surface area (Å²) in [6, 6.07) is 3.45. The Labute approximate surface area is 146 Å². The lowest BCUT2D eigenvalue weighted by atomic mass is 9.80. The minimum atomic E-state index is -0.143. The van der Waals surface area contributed by atoms with Gasteiger partial charge in [-0.25, -0.2) is 4.79 Å². The molecule has 8 nitrogen and oxygen atoms in total. The van der Waals surface area contributed by atoms with Gasteiger partial charge in [0.15, 0.2) is 5.82 Å². The number of carbonyl (C=O) groups is 1. The molecular weight excluding hydrogens is 320 g/mol. The number of amides is 2. The molecule has 2 aromatic heterocycles. The van der Waals surface area contributed by atoms with E-state index in [-0.39, 0.29) is 12.1 Å². The minimum Gasteiger partial charge on any atom is -0.374 e. The first-order valence-corrected chi connectivity index (χ1v) is 8.69. The number of urea groups is 1. The maximum atomic E-state index is 12.5. The van der Waals surface area contributed by atoms with E-state index in [1.165, 1.54) is 19.3 Å². The molecule has 0 spiro atoms. The summed E-state index contributed by atoms with van der Waals surface area (Å²) in [4.78, 5) is 14.3. The number of nitrogens with one attached hydrogen (secondary N) is 1. The quantitative estimate of drug-likeness (QED) is 0.921. The van der Waals surface area contributed by atoms with Gasteiger partial charge in [0.05, 0.1) is 24.6 Å². The van der Waals surface area contributed by atoms with Gasteiger partial charge in [-0.3, -0.25) is 10.00 Å². The molecule has 1 saturated carbocycles. The van der Waals surface area contributed by atoms with Crippen LogP contribution in [0.4, 0.5) is 10.6 Å². The third-order valence-corrected chi connectivity index (χ3v) is 4.96. The average molecular weight is 342 g/mol. The zero-order valence-electron chi connectivity index (χ0n) is 14.3. The lowest BCUT2D eigenvalue weighted by Gasteiger charge is -2.40. The minimum absolute atomic E-state index is 0.143. The van der Waals surface area contributed by atoms with Crippen LogP contribution in [0.25, 0.3) is 11.3 Å². The topological polar surface area (TPSA) is 85.2 Å². The lowest BCUT2D eigenvalue weighted by molar-refractivity contribution is -0.0616. The smallest absolute Gasteiger partial charge is 0.323 e. The van der Waals surface area contributed by atoms with Crippen molar-refractivity contribution in [1.82, 2.24) is 24.9 Å². The van der Waals surface area contributed by atoms with Crippen molar-refractivity contribution in [3.05, 3.63) is 24.5 Å². The van der Waals surface area contributed by atoms with Crippen LogP contribution in [0, 0.1) is 5.92 Å². The van der Waals surface area contributed by atoms with E-state index in [2.05, 4.69) is 20.6 Å². The third-order valence-electron chi connectivity index (χ3n) is 4.96. The summed E-state index contributed by atoms with van der Waals surface area (Å²) >= 11 is 0. The molecule has 3 heterocycles. The highest BCUT2D eigenvalue weighted by Gasteiger charge is 2.33. The molecule has 132 valence electrons. The number of rotatable bonds is 3. The van der Waals surface area contributed by atoms with Crippen molar-refractivity contribution in [3.8, 4) is 11.3 Å². The molecular formula is C17H22N6O2. The van der Waals surface area contributed by atoms with Crippen LogP contribution in [-0.4, -0.2) is 56.7 Å². The Morgan fingerprint density at radius 3 is 2.84 bits per heavy atom. The van der Waals surface area contributed by atoms with E-state index in [1.807, 2.05) is 24.2 Å². The Morgan fingerprint density at radius 1 is 1.32 bits per heavy atom. The van der Waals surface area contributed by atoms with Gasteiger partial charge in [0, 0.05) is 31.9 Å². The molecule has 25 heavy (non-hydrogen) atoms. The fourth-order valence-corrected chi connectivity index (χ4v) is 3.25. The largest absolute Gasteiger partial charge is 0.374 e. The Bertz CT molecular complexity index is 740. The van der Waals surface area contributed by atoms with E-state index in [0.717, 1.165) is 11.3 Å². The predicted molar refractivity (Wildman–Crippen MR) is 91.9 cm³/mol. The van der Waals surface area contributed by atoms with Crippen molar-refractivity contribution < 1.29 is 9.53 Å². The number of hydrogen-bond donors (Lipinski definition) is 1. The van der Waals surface area contributed by atoms with Gasteiger partial charge in [0.1, 0.15) is 0 Å². The van der Waals surface area contributed by atoms with Crippen molar-refractivity contribution in [2.45, 2.75) is 25.4 Å². The zero-order chi connectivity index (χ0) is 17.2. The summed E-state index contributed by atoms with van der Waals surface area (Å²) in [6.45, 7) is 1.86. The second kappa shape index (κ2) is 6.79. The second-order valence-corrected chi connectivity index (χ2v) is 6.68. The lowest BCUT2D eigenvalue weighted by Crippen LogP contribution is -2.50. The van der Waals surface area contributed by atoms with E-state index in [1.54, 1.807) is 16.9 Å². The fourth-order valence-electron chi connectivity index (χ4n) is 3.25. The van der Waals surface area contributed by atoms with Crippen molar-refractivity contribution in [1.29, 1.82) is 0 Å². The number of carbonyl (C=O) groups excluding carboxylic acids is 1. The first kappa shape index (κ1) is 16.0. The monoisotopic (exact) mass is 342 g/mol. The standard InChI is InChI=1S/C17H22N6O2/c1-22-10-13(9-18-22)14-5-6-16(21-20-14)19-17(24)23-7-8-25-15(11-23)12-3-2-4-12/h5-6,9-10,12,15H,2-4,7-8,11H2,1H3,(H,19,21,24). The van der Waals surface area contributed by atoms with Gasteiger partial charge in [-0.15, -0.1) is 10.2 Å². The Balaban J connectivity index is 1.37. The van der Waals surface area contributed by atoms with Crippen LogP contribution in [0.3, 0.4) is 0 Å². The number of nitrogens with zero attached hydrogens (tertiary/aromatic N) is 5. The molecule has 0 aromatic carbocycles. The molecule has 2 aromatic rings. The van der Waals surface area contributed by atoms with E-state index in [9.17, 15) is 4.79 Å². The highest BCUT2D eigenvalue weighted by Crippen LogP contribution is 2.32. The maximum absolute atomic E-state index is 12.5. The van der Waals surface area contributed by atoms with E-state index < -0.39 is 0 Å². The first-order valence-electron chi connectivity index (χ1n) is 8.69. The van der Waals surface area contributed by atoms with Gasteiger partial charge in [0.25, 0.3) is 0 Å². The van der Waals surface area contributed by atoms with Crippen molar-refractivity contribution >= 4 is 11.8 Å². The molecule has 1 atom stereocenters. The zero-order valence-corrected chi connectivity index (χ0v) is 14.3. The molecule has 4 rings (SSSR count). The van der Waals surface area contributed by atoms with Crippen LogP contribution >= 0.6 is 0 Å². The molecule has 1 aliphatic heterocycles. The van der Waals surface area contributed by atoms with Crippen LogP contribution in [-0.2, 0) is 11.8 Å². The second-order valence-electron chi connectivity index (χ2n) is 6.68. The number of hydrogen-bond acceptors (Lipinski definition) is 5. The summed E-state index contributed by atoms with van der Waals surface area (Å²) in [5.74, 6) is 1.05.